The van der Waals surface area contributed by atoms with Gasteiger partial charge in [-0.2, -0.15) is 0 Å². The molecule has 1 saturated carbocycles. The molecule has 16 heavy (non-hydrogen) atoms. The largest absolute Gasteiger partial charge is 0.325 e. The Labute approximate surface area is 102 Å². The summed E-state index contributed by atoms with van der Waals surface area (Å²) >= 11 is 0. The fourth-order valence-electron chi connectivity index (χ4n) is 4.16. The summed E-state index contributed by atoms with van der Waals surface area (Å²) in [5.41, 5.74) is 6.77. The molecule has 1 aliphatic rings. The Morgan fingerprint density at radius 3 is 1.88 bits per heavy atom. The second-order valence-corrected chi connectivity index (χ2v) is 5.66. The Morgan fingerprint density at radius 2 is 1.50 bits per heavy atom. The van der Waals surface area contributed by atoms with Gasteiger partial charge in [0.15, 0.2) is 0 Å². The molecule has 0 aromatic carbocycles. The molecule has 4 atom stereocenters. The minimum absolute atomic E-state index is 0.167. The minimum atomic E-state index is 0.167. The van der Waals surface area contributed by atoms with Crippen molar-refractivity contribution in [3.8, 4) is 0 Å². The van der Waals surface area contributed by atoms with E-state index in [9.17, 15) is 0 Å². The third-order valence-corrected chi connectivity index (χ3v) is 5.05. The molecule has 1 heteroatoms. The molecule has 96 valence electrons. The van der Waals surface area contributed by atoms with Crippen LogP contribution in [-0.2, 0) is 0 Å². The summed E-state index contributed by atoms with van der Waals surface area (Å²) in [6, 6.07) is 0. The zero-order chi connectivity index (χ0) is 12.2. The predicted octanol–water partition coefficient (Wildman–Crippen LogP) is 4.36. The van der Waals surface area contributed by atoms with Gasteiger partial charge in [-0.05, 0) is 30.6 Å². The SMILES string of the molecule is CCCCCC1C(CC)[C@@](N)(CC)[C@H]1CC. The summed E-state index contributed by atoms with van der Waals surface area (Å²) in [6.07, 6.45) is 9.27. The molecule has 0 aromatic rings. The maximum Gasteiger partial charge on any atom is 0.0214 e. The van der Waals surface area contributed by atoms with Crippen LogP contribution in [0.3, 0.4) is 0 Å². The van der Waals surface area contributed by atoms with E-state index in [0.29, 0.717) is 0 Å². The molecule has 0 amide bonds. The van der Waals surface area contributed by atoms with Crippen LogP contribution in [0.1, 0.15) is 72.6 Å². The Balaban J connectivity index is 2.56. The van der Waals surface area contributed by atoms with E-state index in [1.54, 1.807) is 0 Å². The van der Waals surface area contributed by atoms with E-state index in [1.165, 1.54) is 38.5 Å². The first-order valence-corrected chi connectivity index (χ1v) is 7.44. The van der Waals surface area contributed by atoms with Crippen molar-refractivity contribution in [2.75, 3.05) is 0 Å². The highest BCUT2D eigenvalue weighted by Crippen LogP contribution is 2.54. The molecule has 0 aromatic heterocycles. The van der Waals surface area contributed by atoms with E-state index in [0.717, 1.165) is 24.2 Å². The highest BCUT2D eigenvalue weighted by atomic mass is 14.9. The van der Waals surface area contributed by atoms with Crippen LogP contribution < -0.4 is 5.73 Å². The van der Waals surface area contributed by atoms with Crippen molar-refractivity contribution in [2.24, 2.45) is 23.5 Å². The molecule has 0 saturated heterocycles. The number of nitrogens with two attached hydrogens (primary N) is 1. The molecule has 1 nitrogen and oxygen atoms in total. The molecule has 0 radical (unpaired) electrons. The third-order valence-electron chi connectivity index (χ3n) is 5.05. The van der Waals surface area contributed by atoms with Gasteiger partial charge < -0.3 is 5.73 Å². The van der Waals surface area contributed by atoms with Crippen LogP contribution in [0.5, 0.6) is 0 Å². The van der Waals surface area contributed by atoms with Gasteiger partial charge in [0.25, 0.3) is 0 Å². The van der Waals surface area contributed by atoms with Crippen molar-refractivity contribution >= 4 is 0 Å². The van der Waals surface area contributed by atoms with Crippen LogP contribution >= 0.6 is 0 Å². The van der Waals surface area contributed by atoms with E-state index in [2.05, 4.69) is 27.7 Å². The van der Waals surface area contributed by atoms with Crippen molar-refractivity contribution in [3.05, 3.63) is 0 Å². The highest BCUT2D eigenvalue weighted by Gasteiger charge is 2.55. The zero-order valence-electron chi connectivity index (χ0n) is 11.8. The van der Waals surface area contributed by atoms with Gasteiger partial charge in [-0.15, -0.1) is 0 Å². The third kappa shape index (κ3) is 2.30. The van der Waals surface area contributed by atoms with Crippen LogP contribution in [0.25, 0.3) is 0 Å². The van der Waals surface area contributed by atoms with Crippen LogP contribution in [0.4, 0.5) is 0 Å². The maximum atomic E-state index is 6.61. The molecule has 0 bridgehead atoms. The molecule has 1 fully saturated rings. The average molecular weight is 225 g/mol. The maximum absolute atomic E-state index is 6.61. The number of rotatable bonds is 7. The number of hydrogen-bond donors (Lipinski definition) is 1. The minimum Gasteiger partial charge on any atom is -0.325 e. The van der Waals surface area contributed by atoms with Gasteiger partial charge in [0.2, 0.25) is 0 Å². The van der Waals surface area contributed by atoms with Gasteiger partial charge in [0.1, 0.15) is 0 Å². The molecule has 0 heterocycles. The van der Waals surface area contributed by atoms with Gasteiger partial charge in [0.05, 0.1) is 0 Å². The van der Waals surface area contributed by atoms with E-state index >= 15 is 0 Å². The van der Waals surface area contributed by atoms with Crippen LogP contribution in [0.15, 0.2) is 0 Å². The van der Waals surface area contributed by atoms with E-state index in [4.69, 9.17) is 5.73 Å². The van der Waals surface area contributed by atoms with Crippen LogP contribution in [0, 0.1) is 17.8 Å². The molecule has 2 unspecified atom stereocenters. The summed E-state index contributed by atoms with van der Waals surface area (Å²) in [6.45, 7) is 9.20. The highest BCUT2D eigenvalue weighted by molar-refractivity contribution is 5.10. The lowest BCUT2D eigenvalue weighted by Crippen LogP contribution is -2.67. The first kappa shape index (κ1) is 14.0. The summed E-state index contributed by atoms with van der Waals surface area (Å²) in [5.74, 6) is 2.50. The topological polar surface area (TPSA) is 26.0 Å². The monoisotopic (exact) mass is 225 g/mol. The zero-order valence-corrected chi connectivity index (χ0v) is 11.8. The standard InChI is InChI=1S/C15H31N/c1-5-9-10-11-12-13(6-2)15(16,8-4)14(12)7-3/h12-14H,5-11,16H2,1-4H3/t12?,13-,14?,15+/m0/s1. The first-order chi connectivity index (χ1) is 7.65. The van der Waals surface area contributed by atoms with Crippen molar-refractivity contribution in [2.45, 2.75) is 78.2 Å². The Bertz CT molecular complexity index is 188. The Kier molecular flexibility index (Phi) is 5.30. The number of unbranched alkanes of at least 4 members (excludes halogenated alkanes) is 2. The van der Waals surface area contributed by atoms with Crippen molar-refractivity contribution < 1.29 is 0 Å². The average Bonchev–Trinajstić information content (AvgIpc) is 2.29. The molecular formula is C15H31N. The summed E-state index contributed by atoms with van der Waals surface area (Å²) in [7, 11) is 0. The van der Waals surface area contributed by atoms with Gasteiger partial charge in [0, 0.05) is 5.54 Å². The van der Waals surface area contributed by atoms with Crippen LogP contribution in [-0.4, -0.2) is 5.54 Å². The molecular weight excluding hydrogens is 194 g/mol. The molecule has 2 N–H and O–H groups in total. The van der Waals surface area contributed by atoms with Gasteiger partial charge in [-0.25, -0.2) is 0 Å². The van der Waals surface area contributed by atoms with Crippen molar-refractivity contribution in [3.63, 3.8) is 0 Å². The molecule has 1 aliphatic carbocycles. The van der Waals surface area contributed by atoms with E-state index in [1.807, 2.05) is 0 Å². The lowest BCUT2D eigenvalue weighted by molar-refractivity contribution is -0.0634. The molecule has 0 aliphatic heterocycles. The number of hydrogen-bond acceptors (Lipinski definition) is 1. The smallest absolute Gasteiger partial charge is 0.0214 e. The fraction of sp³-hybridized carbons (Fsp3) is 1.00. The van der Waals surface area contributed by atoms with Gasteiger partial charge in [-0.3, -0.25) is 0 Å². The van der Waals surface area contributed by atoms with Crippen molar-refractivity contribution in [1.29, 1.82) is 0 Å². The Hall–Kier alpha value is -0.0400. The molecule has 1 rings (SSSR count). The summed E-state index contributed by atoms with van der Waals surface area (Å²) in [4.78, 5) is 0. The quantitative estimate of drug-likeness (QED) is 0.640. The summed E-state index contributed by atoms with van der Waals surface area (Å²) < 4.78 is 0. The lowest BCUT2D eigenvalue weighted by atomic mass is 9.48. The van der Waals surface area contributed by atoms with Crippen molar-refractivity contribution in [1.82, 2.24) is 0 Å². The Morgan fingerprint density at radius 1 is 0.938 bits per heavy atom. The van der Waals surface area contributed by atoms with Gasteiger partial charge >= 0.3 is 0 Å². The fourth-order valence-corrected chi connectivity index (χ4v) is 4.16. The van der Waals surface area contributed by atoms with Crippen LogP contribution in [0.2, 0.25) is 0 Å². The second kappa shape index (κ2) is 6.05. The van der Waals surface area contributed by atoms with E-state index in [-0.39, 0.29) is 5.54 Å². The molecule has 0 spiro atoms. The lowest BCUT2D eigenvalue weighted by Gasteiger charge is -2.60. The normalized spacial score (nSPS) is 38.4. The summed E-state index contributed by atoms with van der Waals surface area (Å²) in [5, 5.41) is 0. The predicted molar refractivity (Wildman–Crippen MR) is 72.4 cm³/mol. The van der Waals surface area contributed by atoms with Gasteiger partial charge in [-0.1, -0.05) is 59.8 Å². The first-order valence-electron chi connectivity index (χ1n) is 7.44. The second-order valence-electron chi connectivity index (χ2n) is 5.66. The van der Waals surface area contributed by atoms with E-state index < -0.39 is 0 Å².